The van der Waals surface area contributed by atoms with Gasteiger partial charge in [-0.15, -0.1) is 0 Å². The Kier molecular flexibility index (Phi) is 5.32. The van der Waals surface area contributed by atoms with Gasteiger partial charge in [-0.05, 0) is 24.3 Å². The van der Waals surface area contributed by atoms with E-state index in [1.807, 2.05) is 0 Å². The molecule has 0 saturated heterocycles. The van der Waals surface area contributed by atoms with Crippen LogP contribution < -0.4 is 25.9 Å². The summed E-state index contributed by atoms with van der Waals surface area (Å²) in [7, 11) is 2.81. The van der Waals surface area contributed by atoms with E-state index in [0.717, 1.165) is 4.68 Å². The number of nitrogens with one attached hydrogen (secondary N) is 2. The van der Waals surface area contributed by atoms with E-state index >= 15 is 0 Å². The standard InChI is InChI=1S/C28H18ClN3O6/c1-37-19-11-10-15-20-23(13-6-3-4-7-14(13)25(20)34)32(28(36)21(15)26(19)38-2)31-27(35)17-12-30-22-16(24(17)33)8-5-9-18(22)29/h3-12H,1-2H3,(H,30,33)(H,31,35). The SMILES string of the molecule is COc1ccc2c3c(n(NC(=O)c4c[nH]c5c(Cl)cccc5c4=O)c(=O)c2c1OC)-c1ccccc1C3=O. The van der Waals surface area contributed by atoms with Gasteiger partial charge in [-0.25, -0.2) is 4.68 Å². The van der Waals surface area contributed by atoms with Gasteiger partial charge < -0.3 is 14.5 Å². The number of fused-ring (bicyclic) bond motifs is 6. The van der Waals surface area contributed by atoms with Gasteiger partial charge in [0.05, 0.1) is 41.4 Å². The summed E-state index contributed by atoms with van der Waals surface area (Å²) in [6.07, 6.45) is 1.24. The van der Waals surface area contributed by atoms with E-state index in [0.29, 0.717) is 27.1 Å². The van der Waals surface area contributed by atoms with Crippen LogP contribution in [-0.4, -0.2) is 35.6 Å². The van der Waals surface area contributed by atoms with Crippen molar-refractivity contribution >= 4 is 45.0 Å². The number of aromatic nitrogens is 2. The number of methoxy groups -OCH3 is 2. The number of benzene rings is 3. The van der Waals surface area contributed by atoms with Crippen LogP contribution in [0.4, 0.5) is 0 Å². The summed E-state index contributed by atoms with van der Waals surface area (Å²) in [4.78, 5) is 57.0. The molecule has 0 fully saturated rings. The number of H-pyrrole nitrogens is 1. The molecule has 1 aliphatic rings. The number of para-hydroxylation sites is 1. The molecule has 3 aromatic carbocycles. The normalized spacial score (nSPS) is 11.9. The van der Waals surface area contributed by atoms with Crippen LogP contribution >= 0.6 is 11.6 Å². The van der Waals surface area contributed by atoms with Crippen LogP contribution in [0.3, 0.4) is 0 Å². The molecule has 10 heteroatoms. The van der Waals surface area contributed by atoms with Crippen molar-refractivity contribution in [2.24, 2.45) is 0 Å². The third kappa shape index (κ3) is 3.18. The predicted octanol–water partition coefficient (Wildman–Crippen LogP) is 4.11. The van der Waals surface area contributed by atoms with Gasteiger partial charge in [-0.1, -0.05) is 41.9 Å². The molecule has 38 heavy (non-hydrogen) atoms. The van der Waals surface area contributed by atoms with Crippen LogP contribution in [-0.2, 0) is 0 Å². The van der Waals surface area contributed by atoms with Crippen molar-refractivity contribution < 1.29 is 19.1 Å². The first kappa shape index (κ1) is 23.5. The molecule has 1 amide bonds. The van der Waals surface area contributed by atoms with Gasteiger partial charge in [-0.2, -0.15) is 0 Å². The van der Waals surface area contributed by atoms with E-state index in [9.17, 15) is 19.2 Å². The number of ketones is 1. The maximum Gasteiger partial charge on any atom is 0.281 e. The van der Waals surface area contributed by atoms with Gasteiger partial charge in [0.1, 0.15) is 5.56 Å². The highest BCUT2D eigenvalue weighted by atomic mass is 35.5. The van der Waals surface area contributed by atoms with Gasteiger partial charge in [0.15, 0.2) is 17.3 Å². The van der Waals surface area contributed by atoms with E-state index in [1.165, 1.54) is 20.4 Å². The number of hydrogen-bond acceptors (Lipinski definition) is 6. The van der Waals surface area contributed by atoms with Crippen molar-refractivity contribution in [2.45, 2.75) is 0 Å². The Morgan fingerprint density at radius 2 is 1.68 bits per heavy atom. The summed E-state index contributed by atoms with van der Waals surface area (Å²) in [5.41, 5.74) is 2.76. The number of aromatic amines is 1. The number of nitrogens with zero attached hydrogens (tertiary/aromatic N) is 1. The Balaban J connectivity index is 1.63. The summed E-state index contributed by atoms with van der Waals surface area (Å²) in [6.45, 7) is 0. The van der Waals surface area contributed by atoms with Crippen molar-refractivity contribution in [1.29, 1.82) is 0 Å². The third-order valence-corrected chi connectivity index (χ3v) is 6.98. The Morgan fingerprint density at radius 1 is 0.921 bits per heavy atom. The second kappa shape index (κ2) is 8.60. The molecule has 1 aliphatic carbocycles. The number of carbonyl (C=O) groups is 2. The first-order chi connectivity index (χ1) is 18.4. The van der Waals surface area contributed by atoms with Gasteiger partial charge in [-0.3, -0.25) is 24.6 Å². The zero-order chi connectivity index (χ0) is 26.7. The fourth-order valence-electron chi connectivity index (χ4n) is 4.96. The first-order valence-electron chi connectivity index (χ1n) is 11.5. The molecule has 0 saturated carbocycles. The Labute approximate surface area is 219 Å². The molecular formula is C28H18ClN3O6. The smallest absolute Gasteiger partial charge is 0.281 e. The van der Waals surface area contributed by atoms with Crippen LogP contribution in [0.15, 0.2) is 70.4 Å². The first-order valence-corrected chi connectivity index (χ1v) is 11.8. The highest BCUT2D eigenvalue weighted by Crippen LogP contribution is 2.42. The highest BCUT2D eigenvalue weighted by Gasteiger charge is 2.34. The molecule has 5 aromatic rings. The molecule has 0 atom stereocenters. The van der Waals surface area contributed by atoms with Gasteiger partial charge >= 0.3 is 0 Å². The average molecular weight is 528 g/mol. The highest BCUT2D eigenvalue weighted by molar-refractivity contribution is 6.35. The maximum absolute atomic E-state index is 14.0. The van der Waals surface area contributed by atoms with Crippen molar-refractivity contribution in [3.05, 3.63) is 103 Å². The summed E-state index contributed by atoms with van der Waals surface area (Å²) < 4.78 is 11.9. The quantitative estimate of drug-likeness (QED) is 0.356. The van der Waals surface area contributed by atoms with E-state index < -0.39 is 16.9 Å². The molecule has 9 nitrogen and oxygen atoms in total. The minimum atomic E-state index is -0.851. The lowest BCUT2D eigenvalue weighted by molar-refractivity contribution is 0.100. The summed E-state index contributed by atoms with van der Waals surface area (Å²) in [6, 6.07) is 14.8. The monoisotopic (exact) mass is 527 g/mol. The summed E-state index contributed by atoms with van der Waals surface area (Å²) in [5.74, 6) is -0.770. The molecule has 0 unspecified atom stereocenters. The molecule has 6 rings (SSSR count). The zero-order valence-electron chi connectivity index (χ0n) is 20.0. The number of pyridine rings is 2. The lowest BCUT2D eigenvalue weighted by Crippen LogP contribution is -2.37. The Hall–Kier alpha value is -4.89. The zero-order valence-corrected chi connectivity index (χ0v) is 20.8. The second-order valence-electron chi connectivity index (χ2n) is 8.60. The predicted molar refractivity (Wildman–Crippen MR) is 143 cm³/mol. The Bertz CT molecular complexity index is 1970. The van der Waals surface area contributed by atoms with Gasteiger partial charge in [0.2, 0.25) is 5.43 Å². The third-order valence-electron chi connectivity index (χ3n) is 6.67. The van der Waals surface area contributed by atoms with Crippen LogP contribution in [0.5, 0.6) is 11.5 Å². The number of halogens is 1. The molecule has 2 aromatic heterocycles. The number of carbonyl (C=O) groups excluding carboxylic acids is 2. The molecule has 2 N–H and O–H groups in total. The van der Waals surface area contributed by atoms with Crippen molar-refractivity contribution in [1.82, 2.24) is 9.66 Å². The van der Waals surface area contributed by atoms with E-state index in [4.69, 9.17) is 21.1 Å². The molecular weight excluding hydrogens is 510 g/mol. The number of amides is 1. The molecule has 0 radical (unpaired) electrons. The molecule has 0 spiro atoms. The van der Waals surface area contributed by atoms with Gasteiger partial charge in [0.25, 0.3) is 11.5 Å². The van der Waals surface area contributed by atoms with Crippen molar-refractivity contribution in [2.75, 3.05) is 19.6 Å². The van der Waals surface area contributed by atoms with Crippen LogP contribution in [0.25, 0.3) is 32.9 Å². The van der Waals surface area contributed by atoms with Crippen LogP contribution in [0, 0.1) is 0 Å². The summed E-state index contributed by atoms with van der Waals surface area (Å²) in [5, 5.41) is 0.943. The number of hydrogen-bond donors (Lipinski definition) is 2. The minimum Gasteiger partial charge on any atom is -0.493 e. The lowest BCUT2D eigenvalue weighted by atomic mass is 10.0. The van der Waals surface area contributed by atoms with Crippen molar-refractivity contribution in [3.8, 4) is 22.8 Å². The lowest BCUT2D eigenvalue weighted by Gasteiger charge is -2.18. The van der Waals surface area contributed by atoms with Crippen LogP contribution in [0.1, 0.15) is 26.3 Å². The second-order valence-corrected chi connectivity index (χ2v) is 9.00. The number of ether oxygens (including phenoxy) is 2. The van der Waals surface area contributed by atoms with E-state index in [-0.39, 0.29) is 44.9 Å². The minimum absolute atomic E-state index is 0.0475. The van der Waals surface area contributed by atoms with Crippen molar-refractivity contribution in [3.63, 3.8) is 0 Å². The average Bonchev–Trinajstić information content (AvgIpc) is 3.23. The largest absolute Gasteiger partial charge is 0.493 e. The molecule has 0 aliphatic heterocycles. The fraction of sp³-hybridized carbons (Fsp3) is 0.0714. The van der Waals surface area contributed by atoms with Gasteiger partial charge in [0, 0.05) is 28.1 Å². The van der Waals surface area contributed by atoms with E-state index in [2.05, 4.69) is 10.4 Å². The topological polar surface area (TPSA) is 119 Å². The summed E-state index contributed by atoms with van der Waals surface area (Å²) >= 11 is 6.18. The molecule has 2 heterocycles. The molecule has 188 valence electrons. The molecule has 0 bridgehead atoms. The van der Waals surface area contributed by atoms with E-state index in [1.54, 1.807) is 54.6 Å². The maximum atomic E-state index is 14.0. The fourth-order valence-corrected chi connectivity index (χ4v) is 5.19. The number of rotatable bonds is 4. The Morgan fingerprint density at radius 3 is 2.42 bits per heavy atom. The van der Waals surface area contributed by atoms with Crippen LogP contribution in [0.2, 0.25) is 5.02 Å².